The summed E-state index contributed by atoms with van der Waals surface area (Å²) in [4.78, 5) is 14.9. The Labute approximate surface area is 144 Å². The summed E-state index contributed by atoms with van der Waals surface area (Å²) in [5.74, 6) is 0.534. The summed E-state index contributed by atoms with van der Waals surface area (Å²) in [5, 5.41) is 7.12. The first-order valence-corrected chi connectivity index (χ1v) is 9.35. The average molecular weight is 349 g/mol. The number of thioether (sulfide) groups is 1. The normalized spacial score (nSPS) is 18.7. The van der Waals surface area contributed by atoms with Gasteiger partial charge < -0.3 is 9.32 Å². The summed E-state index contributed by atoms with van der Waals surface area (Å²) in [7, 11) is 0. The molecule has 2 heterocycles. The van der Waals surface area contributed by atoms with Crippen molar-refractivity contribution in [3.63, 3.8) is 0 Å². The number of aromatic nitrogens is 2. The molecular formula is C16H19N3O2S2. The van der Waals surface area contributed by atoms with Gasteiger partial charge in [0.05, 0.1) is 0 Å². The summed E-state index contributed by atoms with van der Waals surface area (Å²) < 4.78 is 5.28. The minimum atomic E-state index is 0.0976. The first-order chi connectivity index (χ1) is 11.2. The molecule has 0 aliphatic carbocycles. The van der Waals surface area contributed by atoms with Crippen LogP contribution in [0, 0.1) is 4.84 Å². The van der Waals surface area contributed by atoms with E-state index in [1.165, 1.54) is 12.8 Å². The van der Waals surface area contributed by atoms with Gasteiger partial charge in [-0.1, -0.05) is 6.42 Å². The third-order valence-corrected chi connectivity index (χ3v) is 5.29. The van der Waals surface area contributed by atoms with Gasteiger partial charge in [0.25, 0.3) is 10.7 Å². The zero-order valence-corrected chi connectivity index (χ0v) is 14.6. The summed E-state index contributed by atoms with van der Waals surface area (Å²) in [6.45, 7) is 1.67. The predicted octanol–water partition coefficient (Wildman–Crippen LogP) is 3.76. The number of benzene rings is 1. The Morgan fingerprint density at radius 2 is 2.17 bits per heavy atom. The molecule has 122 valence electrons. The Hall–Kier alpha value is -1.60. The van der Waals surface area contributed by atoms with Crippen LogP contribution in [-0.4, -0.2) is 45.6 Å². The van der Waals surface area contributed by atoms with E-state index in [0.717, 1.165) is 25.1 Å². The number of nitrogens with zero attached hydrogens (tertiary/aromatic N) is 2. The maximum absolute atomic E-state index is 12.7. The predicted molar refractivity (Wildman–Crippen MR) is 94.2 cm³/mol. The van der Waals surface area contributed by atoms with Gasteiger partial charge in [0, 0.05) is 29.5 Å². The third kappa shape index (κ3) is 3.84. The number of hydrogen-bond donors (Lipinski definition) is 1. The summed E-state index contributed by atoms with van der Waals surface area (Å²) in [5.41, 5.74) is 1.50. The number of aromatic amines is 1. The van der Waals surface area contributed by atoms with E-state index in [-0.39, 0.29) is 10.7 Å². The van der Waals surface area contributed by atoms with Gasteiger partial charge in [0.2, 0.25) is 5.89 Å². The van der Waals surface area contributed by atoms with Crippen molar-refractivity contribution in [3.8, 4) is 11.5 Å². The number of likely N-dealkylation sites (tertiary alicyclic amines) is 1. The number of nitrogens with one attached hydrogen (secondary N) is 1. The molecule has 5 nitrogen and oxygen atoms in total. The van der Waals surface area contributed by atoms with Crippen molar-refractivity contribution in [2.75, 3.05) is 19.3 Å². The smallest absolute Gasteiger partial charge is 0.284 e. The first-order valence-electron chi connectivity index (χ1n) is 7.65. The highest BCUT2D eigenvalue weighted by Crippen LogP contribution is 2.22. The topological polar surface area (TPSA) is 62.1 Å². The fraction of sp³-hybridized carbons (Fsp3) is 0.438. The minimum Gasteiger partial charge on any atom is -0.409 e. The third-order valence-electron chi connectivity index (χ3n) is 4.07. The standard InChI is InChI=1S/C16H19N3O2S2/c1-23-13-4-2-3-9-19(10-13)15(20)12-7-5-11(6-8-12)14-17-18-16(22)21-14/h5-8,13H,2-4,9-10H2,1H3,(H,18,22)/t13-/m1/s1. The van der Waals surface area contributed by atoms with Crippen LogP contribution >= 0.6 is 24.0 Å². The van der Waals surface area contributed by atoms with Crippen molar-refractivity contribution in [3.05, 3.63) is 34.7 Å². The lowest BCUT2D eigenvalue weighted by atomic mass is 10.1. The molecule has 0 saturated carbocycles. The van der Waals surface area contributed by atoms with Gasteiger partial charge in [-0.3, -0.25) is 4.79 Å². The van der Waals surface area contributed by atoms with E-state index in [4.69, 9.17) is 16.6 Å². The largest absolute Gasteiger partial charge is 0.409 e. The number of hydrogen-bond acceptors (Lipinski definition) is 5. The summed E-state index contributed by atoms with van der Waals surface area (Å²) in [6.07, 6.45) is 5.58. The molecule has 0 radical (unpaired) electrons. The molecule has 1 atom stereocenters. The number of carbonyl (C=O) groups is 1. The van der Waals surface area contributed by atoms with Crippen LogP contribution in [-0.2, 0) is 0 Å². The number of amides is 1. The van der Waals surface area contributed by atoms with Gasteiger partial charge in [-0.25, -0.2) is 5.10 Å². The van der Waals surface area contributed by atoms with Crippen LogP contribution in [0.3, 0.4) is 0 Å². The first kappa shape index (κ1) is 16.3. The molecule has 1 amide bonds. The van der Waals surface area contributed by atoms with Crippen LogP contribution in [0.2, 0.25) is 0 Å². The van der Waals surface area contributed by atoms with Crippen LogP contribution in [0.4, 0.5) is 0 Å². The van der Waals surface area contributed by atoms with Gasteiger partial charge in [0.1, 0.15) is 0 Å². The van der Waals surface area contributed by atoms with Gasteiger partial charge in [-0.05, 0) is 55.6 Å². The molecule has 3 rings (SSSR count). The maximum Gasteiger partial charge on any atom is 0.284 e. The molecule has 1 aromatic heterocycles. The van der Waals surface area contributed by atoms with Crippen molar-refractivity contribution in [1.82, 2.24) is 15.1 Å². The fourth-order valence-electron chi connectivity index (χ4n) is 2.77. The summed E-state index contributed by atoms with van der Waals surface area (Å²) >= 11 is 6.72. The summed E-state index contributed by atoms with van der Waals surface area (Å²) in [6, 6.07) is 7.32. The fourth-order valence-corrected chi connectivity index (χ4v) is 3.63. The lowest BCUT2D eigenvalue weighted by Gasteiger charge is -2.23. The van der Waals surface area contributed by atoms with E-state index in [2.05, 4.69) is 16.5 Å². The Balaban J connectivity index is 1.75. The maximum atomic E-state index is 12.7. The Bertz CT molecular complexity index is 723. The van der Waals surface area contributed by atoms with E-state index in [0.29, 0.717) is 16.7 Å². The molecule has 0 bridgehead atoms. The van der Waals surface area contributed by atoms with Crippen LogP contribution in [0.15, 0.2) is 28.7 Å². The molecule has 1 aliphatic rings. The van der Waals surface area contributed by atoms with Crippen LogP contribution in [0.1, 0.15) is 29.6 Å². The number of carbonyl (C=O) groups excluding carboxylic acids is 1. The van der Waals surface area contributed by atoms with Crippen LogP contribution < -0.4 is 0 Å². The monoisotopic (exact) mass is 349 g/mol. The molecule has 1 N–H and O–H groups in total. The Kier molecular flexibility index (Phi) is 5.17. The Morgan fingerprint density at radius 3 is 2.83 bits per heavy atom. The zero-order chi connectivity index (χ0) is 16.2. The lowest BCUT2D eigenvalue weighted by molar-refractivity contribution is 0.0763. The number of rotatable bonds is 3. The zero-order valence-electron chi connectivity index (χ0n) is 12.9. The molecule has 1 fully saturated rings. The lowest BCUT2D eigenvalue weighted by Crippen LogP contribution is -2.35. The van der Waals surface area contributed by atoms with Crippen LogP contribution in [0.5, 0.6) is 0 Å². The van der Waals surface area contributed by atoms with E-state index in [9.17, 15) is 4.79 Å². The highest BCUT2D eigenvalue weighted by molar-refractivity contribution is 7.99. The minimum absolute atomic E-state index is 0.0976. The van der Waals surface area contributed by atoms with Crippen molar-refractivity contribution in [1.29, 1.82) is 0 Å². The quantitative estimate of drug-likeness (QED) is 0.855. The van der Waals surface area contributed by atoms with Gasteiger partial charge in [0.15, 0.2) is 0 Å². The van der Waals surface area contributed by atoms with E-state index in [1.807, 2.05) is 40.9 Å². The average Bonchev–Trinajstić information content (AvgIpc) is 2.87. The second kappa shape index (κ2) is 7.31. The molecule has 0 unspecified atom stereocenters. The SMILES string of the molecule is CS[C@@H]1CCCCN(C(=O)c2ccc(-c3n[nH]c(=S)o3)cc2)C1. The van der Waals surface area contributed by atoms with Crippen LogP contribution in [0.25, 0.3) is 11.5 Å². The molecule has 0 spiro atoms. The highest BCUT2D eigenvalue weighted by atomic mass is 32.2. The Morgan fingerprint density at radius 1 is 1.39 bits per heavy atom. The molecule has 1 aliphatic heterocycles. The van der Waals surface area contributed by atoms with Gasteiger partial charge >= 0.3 is 0 Å². The van der Waals surface area contributed by atoms with Gasteiger partial charge in [-0.15, -0.1) is 5.10 Å². The van der Waals surface area contributed by atoms with E-state index < -0.39 is 0 Å². The molecule has 2 aromatic rings. The molecule has 1 saturated heterocycles. The molecule has 7 heteroatoms. The van der Waals surface area contributed by atoms with Gasteiger partial charge in [-0.2, -0.15) is 11.8 Å². The van der Waals surface area contributed by atoms with E-state index >= 15 is 0 Å². The molecular weight excluding hydrogens is 330 g/mol. The van der Waals surface area contributed by atoms with Crippen molar-refractivity contribution in [2.45, 2.75) is 24.5 Å². The second-order valence-electron chi connectivity index (χ2n) is 5.60. The van der Waals surface area contributed by atoms with Crippen molar-refractivity contribution >= 4 is 29.9 Å². The molecule has 1 aromatic carbocycles. The van der Waals surface area contributed by atoms with E-state index in [1.54, 1.807) is 0 Å². The highest BCUT2D eigenvalue weighted by Gasteiger charge is 2.22. The van der Waals surface area contributed by atoms with Crippen molar-refractivity contribution < 1.29 is 9.21 Å². The molecule has 23 heavy (non-hydrogen) atoms. The van der Waals surface area contributed by atoms with Crippen molar-refractivity contribution in [2.24, 2.45) is 0 Å². The number of H-pyrrole nitrogens is 1. The second-order valence-corrected chi connectivity index (χ2v) is 7.11.